The molecule has 0 amide bonds. The molecule has 6 rings (SSSR count). The summed E-state index contributed by atoms with van der Waals surface area (Å²) < 4.78 is 41.3. The second kappa shape index (κ2) is 10.5. The maximum atomic E-state index is 13.1. The van der Waals surface area contributed by atoms with Crippen LogP contribution in [0.4, 0.5) is 24.8 Å². The smallest absolute Gasteiger partial charge is 0.321 e. The number of hydrogen-bond donors (Lipinski definition) is 1. The van der Waals surface area contributed by atoms with Gasteiger partial charge in [-0.15, -0.1) is 0 Å². The first-order chi connectivity index (χ1) is 19.6. The van der Waals surface area contributed by atoms with Crippen molar-refractivity contribution in [2.24, 2.45) is 0 Å². The molecular weight excluding hydrogens is 527 g/mol. The van der Waals surface area contributed by atoms with Crippen LogP contribution in [0.25, 0.3) is 22.0 Å². The normalized spacial score (nSPS) is 14.3. The van der Waals surface area contributed by atoms with Crippen LogP contribution in [0.2, 0.25) is 0 Å². The molecule has 1 N–H and O–H groups in total. The van der Waals surface area contributed by atoms with E-state index in [1.54, 1.807) is 12.4 Å². The highest BCUT2D eigenvalue weighted by molar-refractivity contribution is 5.96. The molecule has 1 aliphatic rings. The van der Waals surface area contributed by atoms with E-state index in [1.165, 1.54) is 12.1 Å². The molecule has 0 radical (unpaired) electrons. The summed E-state index contributed by atoms with van der Waals surface area (Å²) in [4.78, 5) is 22.0. The Balaban J connectivity index is 1.20. The number of rotatable bonds is 8. The van der Waals surface area contributed by atoms with E-state index in [2.05, 4.69) is 26.4 Å². The molecule has 2 aromatic heterocycles. The zero-order chi connectivity index (χ0) is 28.7. The van der Waals surface area contributed by atoms with Crippen molar-refractivity contribution in [1.29, 1.82) is 0 Å². The van der Waals surface area contributed by atoms with Crippen molar-refractivity contribution < 1.29 is 18.0 Å². The monoisotopic (exact) mass is 555 g/mol. The molecule has 0 bridgehead atoms. The van der Waals surface area contributed by atoms with E-state index in [4.69, 9.17) is 0 Å². The number of ketones is 1. The molecule has 1 fully saturated rings. The Hall–Kier alpha value is -4.53. The minimum absolute atomic E-state index is 0.0687. The molecular formula is C32H28F3N5O. The summed E-state index contributed by atoms with van der Waals surface area (Å²) in [6.45, 7) is 3.93. The van der Waals surface area contributed by atoms with Crippen molar-refractivity contribution >= 4 is 28.3 Å². The van der Waals surface area contributed by atoms with Gasteiger partial charge in [0.1, 0.15) is 0 Å². The number of hydrogen-bond acceptors (Lipinski definition) is 5. The number of aromatic nitrogens is 4. The van der Waals surface area contributed by atoms with Crippen molar-refractivity contribution in [2.45, 2.75) is 51.2 Å². The number of Topliss-reactive ketones (excluding diaryl/α,β-unsaturated/α-hetero) is 1. The van der Waals surface area contributed by atoms with Gasteiger partial charge in [0.2, 0.25) is 5.95 Å². The lowest BCUT2D eigenvalue weighted by molar-refractivity contribution is -0.137. The van der Waals surface area contributed by atoms with Gasteiger partial charge < -0.3 is 5.32 Å². The van der Waals surface area contributed by atoms with Gasteiger partial charge in [-0.1, -0.05) is 43.3 Å². The highest BCUT2D eigenvalue weighted by atomic mass is 19.4. The molecule has 9 heteroatoms. The predicted octanol–water partition coefficient (Wildman–Crippen LogP) is 8.28. The molecule has 2 heterocycles. The molecule has 208 valence electrons. The van der Waals surface area contributed by atoms with E-state index in [0.717, 1.165) is 63.8 Å². The standard InChI is InChI=1S/C32H28F3N5O/c1-19-6-7-21(20(2)12-30(41)23-4-3-5-25(14-23)32(33,34)35)15-28(19)22-8-11-29-24(13-22)16-36-31(39-29)38-26-17-37-40(18-26)27-9-10-27/h3-8,11,13-18,20,27H,9-10,12H2,1-2H3,(H,36,38,39)/t20-/m0/s1. The zero-order valence-electron chi connectivity index (χ0n) is 22.6. The lowest BCUT2D eigenvalue weighted by Gasteiger charge is -2.16. The van der Waals surface area contributed by atoms with Crippen LogP contribution in [0.15, 0.2) is 79.3 Å². The molecule has 1 saturated carbocycles. The van der Waals surface area contributed by atoms with Gasteiger partial charge >= 0.3 is 6.18 Å². The van der Waals surface area contributed by atoms with E-state index in [9.17, 15) is 18.0 Å². The quantitative estimate of drug-likeness (QED) is 0.195. The number of anilines is 2. The Morgan fingerprint density at radius 2 is 1.90 bits per heavy atom. The second-order valence-electron chi connectivity index (χ2n) is 10.7. The van der Waals surface area contributed by atoms with Gasteiger partial charge in [0.15, 0.2) is 5.78 Å². The molecule has 1 atom stereocenters. The van der Waals surface area contributed by atoms with Crippen LogP contribution in [0.3, 0.4) is 0 Å². The third-order valence-corrected chi connectivity index (χ3v) is 7.50. The lowest BCUT2D eigenvalue weighted by Crippen LogP contribution is -2.09. The van der Waals surface area contributed by atoms with Gasteiger partial charge in [-0.2, -0.15) is 18.3 Å². The predicted molar refractivity (Wildman–Crippen MR) is 152 cm³/mol. The van der Waals surface area contributed by atoms with Crippen LogP contribution in [0.1, 0.15) is 65.2 Å². The van der Waals surface area contributed by atoms with Gasteiger partial charge in [0.25, 0.3) is 0 Å². The SMILES string of the molecule is Cc1ccc([C@@H](C)CC(=O)c2cccc(C(F)(F)F)c2)cc1-c1ccc2nc(Nc3cnn(C4CC4)c3)ncc2c1. The number of alkyl halides is 3. The molecule has 0 aliphatic heterocycles. The fourth-order valence-electron chi connectivity index (χ4n) is 4.97. The number of carbonyl (C=O) groups excluding carboxylic acids is 1. The highest BCUT2D eigenvalue weighted by Crippen LogP contribution is 2.35. The van der Waals surface area contributed by atoms with Gasteiger partial charge in [-0.05, 0) is 72.2 Å². The summed E-state index contributed by atoms with van der Waals surface area (Å²) in [6.07, 6.45) is 3.47. The van der Waals surface area contributed by atoms with E-state index in [0.29, 0.717) is 12.0 Å². The minimum atomic E-state index is -4.49. The first kappa shape index (κ1) is 26.7. The topological polar surface area (TPSA) is 72.7 Å². The van der Waals surface area contributed by atoms with Gasteiger partial charge in [0.05, 0.1) is 29.0 Å². The molecule has 6 nitrogen and oxygen atoms in total. The van der Waals surface area contributed by atoms with Gasteiger partial charge in [-0.3, -0.25) is 9.48 Å². The third kappa shape index (κ3) is 5.84. The summed E-state index contributed by atoms with van der Waals surface area (Å²) in [5, 5.41) is 8.50. The summed E-state index contributed by atoms with van der Waals surface area (Å²) in [6, 6.07) is 17.1. The van der Waals surface area contributed by atoms with Gasteiger partial charge in [-0.25, -0.2) is 9.97 Å². The Kier molecular flexibility index (Phi) is 6.81. The summed E-state index contributed by atoms with van der Waals surface area (Å²) in [5.41, 5.74) is 4.90. The van der Waals surface area contributed by atoms with Crippen molar-refractivity contribution in [1.82, 2.24) is 19.7 Å². The number of nitrogens with zero attached hydrogens (tertiary/aromatic N) is 4. The number of carbonyl (C=O) groups is 1. The minimum Gasteiger partial charge on any atom is -0.321 e. The first-order valence-corrected chi connectivity index (χ1v) is 13.5. The molecule has 1 aliphatic carbocycles. The summed E-state index contributed by atoms with van der Waals surface area (Å²) >= 11 is 0. The van der Waals surface area contributed by atoms with Crippen LogP contribution in [-0.2, 0) is 6.18 Å². The molecule has 0 unspecified atom stereocenters. The number of aryl methyl sites for hydroxylation is 1. The average Bonchev–Trinajstić information content (AvgIpc) is 3.71. The Morgan fingerprint density at radius 3 is 2.68 bits per heavy atom. The van der Waals surface area contributed by atoms with E-state index in [-0.39, 0.29) is 23.7 Å². The van der Waals surface area contributed by atoms with Crippen molar-refractivity contribution in [2.75, 3.05) is 5.32 Å². The van der Waals surface area contributed by atoms with Crippen LogP contribution in [-0.4, -0.2) is 25.5 Å². The molecule has 0 spiro atoms. The maximum Gasteiger partial charge on any atom is 0.416 e. The largest absolute Gasteiger partial charge is 0.416 e. The van der Waals surface area contributed by atoms with Crippen LogP contribution in [0, 0.1) is 6.92 Å². The van der Waals surface area contributed by atoms with Crippen molar-refractivity contribution in [3.63, 3.8) is 0 Å². The molecule has 0 saturated heterocycles. The van der Waals surface area contributed by atoms with Crippen LogP contribution < -0.4 is 5.32 Å². The highest BCUT2D eigenvalue weighted by Gasteiger charge is 2.31. The second-order valence-corrected chi connectivity index (χ2v) is 10.7. The summed E-state index contributed by atoms with van der Waals surface area (Å²) in [7, 11) is 0. The van der Waals surface area contributed by atoms with Crippen molar-refractivity contribution in [3.8, 4) is 11.1 Å². The lowest BCUT2D eigenvalue weighted by atomic mass is 9.89. The van der Waals surface area contributed by atoms with E-state index >= 15 is 0 Å². The number of halogens is 3. The van der Waals surface area contributed by atoms with Crippen LogP contribution >= 0.6 is 0 Å². The zero-order valence-corrected chi connectivity index (χ0v) is 22.6. The van der Waals surface area contributed by atoms with E-state index < -0.39 is 11.7 Å². The van der Waals surface area contributed by atoms with Crippen molar-refractivity contribution in [3.05, 3.63) is 102 Å². The number of benzene rings is 3. The Morgan fingerprint density at radius 1 is 1.07 bits per heavy atom. The fraction of sp³-hybridized carbons (Fsp3) is 0.250. The fourth-order valence-corrected chi connectivity index (χ4v) is 4.97. The molecule has 41 heavy (non-hydrogen) atoms. The Bertz CT molecular complexity index is 1760. The van der Waals surface area contributed by atoms with Crippen LogP contribution in [0.5, 0.6) is 0 Å². The van der Waals surface area contributed by atoms with Gasteiger partial charge in [0, 0.05) is 29.8 Å². The number of nitrogens with one attached hydrogen (secondary N) is 1. The third-order valence-electron chi connectivity index (χ3n) is 7.50. The first-order valence-electron chi connectivity index (χ1n) is 13.5. The number of fused-ring (bicyclic) bond motifs is 1. The summed E-state index contributed by atoms with van der Waals surface area (Å²) in [5.74, 6) is -0.00555. The molecule has 5 aromatic rings. The average molecular weight is 556 g/mol. The molecule has 3 aromatic carbocycles. The maximum absolute atomic E-state index is 13.1. The Labute approximate surface area is 235 Å². The van der Waals surface area contributed by atoms with E-state index in [1.807, 2.05) is 55.1 Å².